The molecule has 1 N–H and O–H groups in total. The van der Waals surface area contributed by atoms with Crippen LogP contribution in [0.5, 0.6) is 0 Å². The van der Waals surface area contributed by atoms with Crippen molar-refractivity contribution in [3.05, 3.63) is 77.2 Å². The number of halogens is 1. The number of nitrogens with zero attached hydrogens (tertiary/aromatic N) is 3. The standard InChI is InChI=1S/C16H13ClN4O/c17-14-9-19-21(11-14)10-12-4-6-13(7-5-12)16(22)20-15-3-1-2-8-18-15/h1-9,11H,10H2,(H,18,20,22). The molecular formula is C16H13ClN4O. The van der Waals surface area contributed by atoms with Gasteiger partial charge in [-0.15, -0.1) is 0 Å². The molecule has 2 aromatic heterocycles. The van der Waals surface area contributed by atoms with E-state index in [9.17, 15) is 4.79 Å². The Morgan fingerprint density at radius 2 is 2.00 bits per heavy atom. The molecule has 0 bridgehead atoms. The Labute approximate surface area is 132 Å². The van der Waals surface area contributed by atoms with Gasteiger partial charge in [0.1, 0.15) is 5.82 Å². The average Bonchev–Trinajstić information content (AvgIpc) is 2.94. The van der Waals surface area contributed by atoms with Crippen LogP contribution >= 0.6 is 11.6 Å². The minimum atomic E-state index is -0.188. The van der Waals surface area contributed by atoms with Gasteiger partial charge in [-0.25, -0.2) is 4.98 Å². The van der Waals surface area contributed by atoms with Crippen molar-refractivity contribution in [1.82, 2.24) is 14.8 Å². The van der Waals surface area contributed by atoms with Crippen LogP contribution < -0.4 is 5.32 Å². The quantitative estimate of drug-likeness (QED) is 0.804. The first-order chi connectivity index (χ1) is 10.7. The topological polar surface area (TPSA) is 59.8 Å². The van der Waals surface area contributed by atoms with Gasteiger partial charge in [-0.1, -0.05) is 29.8 Å². The molecule has 1 amide bonds. The number of amides is 1. The summed E-state index contributed by atoms with van der Waals surface area (Å²) < 4.78 is 1.74. The predicted molar refractivity (Wildman–Crippen MR) is 85.0 cm³/mol. The number of hydrogen-bond donors (Lipinski definition) is 1. The van der Waals surface area contributed by atoms with Crippen LogP contribution in [0.1, 0.15) is 15.9 Å². The number of benzene rings is 1. The van der Waals surface area contributed by atoms with Crippen molar-refractivity contribution in [1.29, 1.82) is 0 Å². The lowest BCUT2D eigenvalue weighted by Crippen LogP contribution is -2.12. The summed E-state index contributed by atoms with van der Waals surface area (Å²) in [5.74, 6) is 0.343. The molecule has 110 valence electrons. The second kappa shape index (κ2) is 6.41. The van der Waals surface area contributed by atoms with Gasteiger partial charge in [0.05, 0.1) is 17.8 Å². The largest absolute Gasteiger partial charge is 0.307 e. The molecule has 1 aromatic carbocycles. The fraction of sp³-hybridized carbons (Fsp3) is 0.0625. The summed E-state index contributed by atoms with van der Waals surface area (Å²) in [6, 6.07) is 12.7. The second-order valence-corrected chi connectivity index (χ2v) is 5.16. The molecule has 0 aliphatic heterocycles. The maximum atomic E-state index is 12.1. The van der Waals surface area contributed by atoms with E-state index in [1.54, 1.807) is 47.5 Å². The molecule has 6 heteroatoms. The van der Waals surface area contributed by atoms with Crippen molar-refractivity contribution in [3.63, 3.8) is 0 Å². The monoisotopic (exact) mass is 312 g/mol. The molecular weight excluding hydrogens is 300 g/mol. The molecule has 0 unspecified atom stereocenters. The molecule has 0 aliphatic carbocycles. The molecule has 3 aromatic rings. The average molecular weight is 313 g/mol. The molecule has 0 spiro atoms. The summed E-state index contributed by atoms with van der Waals surface area (Å²) in [5, 5.41) is 7.47. The van der Waals surface area contributed by atoms with Gasteiger partial charge in [-0.3, -0.25) is 9.48 Å². The Morgan fingerprint density at radius 1 is 1.18 bits per heavy atom. The lowest BCUT2D eigenvalue weighted by Gasteiger charge is -2.06. The minimum absolute atomic E-state index is 0.188. The van der Waals surface area contributed by atoms with Gasteiger partial charge >= 0.3 is 0 Å². The highest BCUT2D eigenvalue weighted by atomic mass is 35.5. The van der Waals surface area contributed by atoms with E-state index >= 15 is 0 Å². The first kappa shape index (κ1) is 14.3. The van der Waals surface area contributed by atoms with Crippen molar-refractivity contribution < 1.29 is 4.79 Å². The molecule has 5 nitrogen and oxygen atoms in total. The number of rotatable bonds is 4. The van der Waals surface area contributed by atoms with Crippen molar-refractivity contribution in [2.24, 2.45) is 0 Å². The third-order valence-electron chi connectivity index (χ3n) is 3.07. The van der Waals surface area contributed by atoms with Gasteiger partial charge in [-0.2, -0.15) is 5.10 Å². The molecule has 22 heavy (non-hydrogen) atoms. The van der Waals surface area contributed by atoms with Crippen LogP contribution in [-0.2, 0) is 6.54 Å². The molecule has 0 atom stereocenters. The number of aromatic nitrogens is 3. The van der Waals surface area contributed by atoms with E-state index in [4.69, 9.17) is 11.6 Å². The number of hydrogen-bond acceptors (Lipinski definition) is 3. The van der Waals surface area contributed by atoms with E-state index in [0.717, 1.165) is 5.56 Å². The minimum Gasteiger partial charge on any atom is -0.307 e. The van der Waals surface area contributed by atoms with Crippen molar-refractivity contribution in [2.75, 3.05) is 5.32 Å². The van der Waals surface area contributed by atoms with E-state index in [-0.39, 0.29) is 5.91 Å². The van der Waals surface area contributed by atoms with Crippen LogP contribution in [0.25, 0.3) is 0 Å². The Kier molecular flexibility index (Phi) is 4.16. The Balaban J connectivity index is 1.67. The summed E-state index contributed by atoms with van der Waals surface area (Å²) in [5.41, 5.74) is 1.61. The molecule has 3 rings (SSSR count). The van der Waals surface area contributed by atoms with E-state index in [1.807, 2.05) is 18.2 Å². The fourth-order valence-electron chi connectivity index (χ4n) is 2.00. The van der Waals surface area contributed by atoms with Gasteiger partial charge in [0, 0.05) is 18.0 Å². The van der Waals surface area contributed by atoms with Crippen LogP contribution in [0.4, 0.5) is 5.82 Å². The Bertz CT molecular complexity index is 768. The van der Waals surface area contributed by atoms with Gasteiger partial charge in [0.15, 0.2) is 0 Å². The molecule has 0 saturated carbocycles. The van der Waals surface area contributed by atoms with E-state index in [1.165, 1.54) is 0 Å². The first-order valence-corrected chi connectivity index (χ1v) is 7.08. The van der Waals surface area contributed by atoms with Crippen LogP contribution in [0.3, 0.4) is 0 Å². The third kappa shape index (κ3) is 3.51. The molecule has 2 heterocycles. The summed E-state index contributed by atoms with van der Waals surface area (Å²) in [7, 11) is 0. The zero-order valence-corrected chi connectivity index (χ0v) is 12.4. The van der Waals surface area contributed by atoms with Crippen LogP contribution in [0.15, 0.2) is 61.1 Å². The zero-order chi connectivity index (χ0) is 15.4. The molecule has 0 saturated heterocycles. The van der Waals surface area contributed by atoms with E-state index in [0.29, 0.717) is 22.9 Å². The molecule has 0 radical (unpaired) electrons. The lowest BCUT2D eigenvalue weighted by atomic mass is 10.1. The maximum absolute atomic E-state index is 12.1. The number of pyridine rings is 1. The molecule has 0 fully saturated rings. The maximum Gasteiger partial charge on any atom is 0.256 e. The highest BCUT2D eigenvalue weighted by molar-refractivity contribution is 6.30. The summed E-state index contributed by atoms with van der Waals surface area (Å²) in [6.45, 7) is 0.606. The number of carbonyl (C=O) groups is 1. The first-order valence-electron chi connectivity index (χ1n) is 6.70. The van der Waals surface area contributed by atoms with Crippen LogP contribution in [-0.4, -0.2) is 20.7 Å². The van der Waals surface area contributed by atoms with Gasteiger partial charge < -0.3 is 5.32 Å². The zero-order valence-electron chi connectivity index (χ0n) is 11.6. The third-order valence-corrected chi connectivity index (χ3v) is 3.26. The predicted octanol–water partition coefficient (Wildman–Crippen LogP) is 3.23. The highest BCUT2D eigenvalue weighted by Gasteiger charge is 2.06. The summed E-state index contributed by atoms with van der Waals surface area (Å²) >= 11 is 5.83. The van der Waals surface area contributed by atoms with Crippen LogP contribution in [0.2, 0.25) is 5.02 Å². The summed E-state index contributed by atoms with van der Waals surface area (Å²) in [4.78, 5) is 16.2. The van der Waals surface area contributed by atoms with Gasteiger partial charge in [0.2, 0.25) is 0 Å². The number of carbonyl (C=O) groups excluding carboxylic acids is 1. The normalized spacial score (nSPS) is 10.4. The van der Waals surface area contributed by atoms with Crippen molar-refractivity contribution >= 4 is 23.3 Å². The van der Waals surface area contributed by atoms with Crippen LogP contribution in [0, 0.1) is 0 Å². The molecule has 0 aliphatic rings. The number of anilines is 1. The summed E-state index contributed by atoms with van der Waals surface area (Å²) in [6.07, 6.45) is 4.98. The van der Waals surface area contributed by atoms with Crippen molar-refractivity contribution in [2.45, 2.75) is 6.54 Å². The fourth-order valence-corrected chi connectivity index (χ4v) is 2.15. The highest BCUT2D eigenvalue weighted by Crippen LogP contribution is 2.11. The smallest absolute Gasteiger partial charge is 0.256 e. The van der Waals surface area contributed by atoms with E-state index < -0.39 is 0 Å². The van der Waals surface area contributed by atoms with Crippen molar-refractivity contribution in [3.8, 4) is 0 Å². The Morgan fingerprint density at radius 3 is 2.64 bits per heavy atom. The number of nitrogens with one attached hydrogen (secondary N) is 1. The van der Waals surface area contributed by atoms with Gasteiger partial charge in [-0.05, 0) is 29.8 Å². The van der Waals surface area contributed by atoms with E-state index in [2.05, 4.69) is 15.4 Å². The SMILES string of the molecule is O=C(Nc1ccccn1)c1ccc(Cn2cc(Cl)cn2)cc1. The second-order valence-electron chi connectivity index (χ2n) is 4.72. The van der Waals surface area contributed by atoms with Gasteiger partial charge in [0.25, 0.3) is 5.91 Å². The Hall–Kier alpha value is -2.66. The lowest BCUT2D eigenvalue weighted by molar-refractivity contribution is 0.102.